The minimum Gasteiger partial charge on any atom is -0.342 e. The van der Waals surface area contributed by atoms with Crippen molar-refractivity contribution in [2.75, 3.05) is 45.8 Å². The van der Waals surface area contributed by atoms with Crippen LogP contribution in [0.25, 0.3) is 10.9 Å². The molecule has 12 heteroatoms. The molecule has 0 aliphatic carbocycles. The van der Waals surface area contributed by atoms with Crippen molar-refractivity contribution in [3.05, 3.63) is 75.6 Å². The van der Waals surface area contributed by atoms with Crippen molar-refractivity contribution in [3.8, 4) is 0 Å². The number of amides is 1. The standard InChI is InChI=1S/C27H29F3N4O4S/c28-27(29,30)23-17-25(35)31-24-8-5-20(16-22(23)24)15-19-3-6-21(7-4-19)39(37,38)34-13-11-32(12-14-34)18-26(36)33-9-1-2-10-33/h3-8,16-17H,1-2,9-15,18H2,(H,31,35). The summed E-state index contributed by atoms with van der Waals surface area (Å²) in [7, 11) is -3.72. The van der Waals surface area contributed by atoms with Crippen LogP contribution < -0.4 is 5.56 Å². The van der Waals surface area contributed by atoms with Gasteiger partial charge in [-0.1, -0.05) is 18.2 Å². The fourth-order valence-electron chi connectivity index (χ4n) is 5.20. The largest absolute Gasteiger partial charge is 0.417 e. The summed E-state index contributed by atoms with van der Waals surface area (Å²) in [5, 5.41) is -0.0972. The Kier molecular flexibility index (Phi) is 7.53. The summed E-state index contributed by atoms with van der Waals surface area (Å²) in [6.45, 7) is 3.42. The number of aromatic nitrogens is 1. The molecule has 1 N–H and O–H groups in total. The number of fused-ring (bicyclic) bond motifs is 1. The van der Waals surface area contributed by atoms with Gasteiger partial charge in [0.15, 0.2) is 0 Å². The van der Waals surface area contributed by atoms with Gasteiger partial charge in [-0.15, -0.1) is 0 Å². The van der Waals surface area contributed by atoms with Gasteiger partial charge in [-0.05, 0) is 54.7 Å². The molecule has 1 amide bonds. The van der Waals surface area contributed by atoms with E-state index in [1.54, 1.807) is 18.2 Å². The zero-order valence-electron chi connectivity index (χ0n) is 21.2. The molecule has 39 heavy (non-hydrogen) atoms. The highest BCUT2D eigenvalue weighted by atomic mass is 32.2. The number of nitrogens with zero attached hydrogens (tertiary/aromatic N) is 3. The molecule has 0 spiro atoms. The van der Waals surface area contributed by atoms with E-state index in [9.17, 15) is 31.2 Å². The monoisotopic (exact) mass is 562 g/mol. The first-order chi connectivity index (χ1) is 18.5. The van der Waals surface area contributed by atoms with Gasteiger partial charge in [-0.25, -0.2) is 8.42 Å². The number of carbonyl (C=O) groups excluding carboxylic acids is 1. The second-order valence-corrected chi connectivity index (χ2v) is 12.0. The van der Waals surface area contributed by atoms with Crippen LogP contribution in [0.3, 0.4) is 0 Å². The lowest BCUT2D eigenvalue weighted by Gasteiger charge is -2.34. The summed E-state index contributed by atoms with van der Waals surface area (Å²) in [5.74, 6) is 0.0914. The second-order valence-electron chi connectivity index (χ2n) is 10.0. The maximum absolute atomic E-state index is 13.5. The van der Waals surface area contributed by atoms with Gasteiger partial charge in [0.1, 0.15) is 0 Å². The fourth-order valence-corrected chi connectivity index (χ4v) is 6.62. The molecule has 1 aromatic heterocycles. The van der Waals surface area contributed by atoms with Crippen LogP contribution in [0.1, 0.15) is 29.5 Å². The molecule has 3 heterocycles. The number of benzene rings is 2. The van der Waals surface area contributed by atoms with Crippen molar-refractivity contribution in [2.24, 2.45) is 0 Å². The molecule has 0 atom stereocenters. The van der Waals surface area contributed by atoms with E-state index in [-0.39, 0.29) is 41.2 Å². The van der Waals surface area contributed by atoms with E-state index in [1.807, 2.05) is 9.80 Å². The SMILES string of the molecule is O=C(CN1CCN(S(=O)(=O)c2ccc(Cc3ccc4[nH]c(=O)cc(C(F)(F)F)c4c3)cc2)CC1)N1CCCC1. The molecular formula is C27H29F3N4O4S. The molecule has 208 valence electrons. The summed E-state index contributed by atoms with van der Waals surface area (Å²) in [6.07, 6.45) is -2.33. The molecule has 2 aliphatic rings. The van der Waals surface area contributed by atoms with Gasteiger partial charge >= 0.3 is 6.18 Å². The normalized spacial score (nSPS) is 17.7. The Hall–Kier alpha value is -3.22. The average Bonchev–Trinajstić information content (AvgIpc) is 3.44. The molecular weight excluding hydrogens is 533 g/mol. The molecule has 0 radical (unpaired) electrons. The number of piperazine rings is 1. The number of likely N-dealkylation sites (tertiary alicyclic amines) is 1. The van der Waals surface area contributed by atoms with Gasteiger partial charge in [-0.3, -0.25) is 14.5 Å². The maximum Gasteiger partial charge on any atom is 0.417 e. The van der Waals surface area contributed by atoms with Crippen molar-refractivity contribution < 1.29 is 26.4 Å². The lowest BCUT2D eigenvalue weighted by molar-refractivity contribution is -0.136. The van der Waals surface area contributed by atoms with E-state index in [4.69, 9.17) is 0 Å². The van der Waals surface area contributed by atoms with Gasteiger partial charge in [0.2, 0.25) is 21.5 Å². The van der Waals surface area contributed by atoms with Gasteiger partial charge in [0.05, 0.1) is 17.0 Å². The number of carbonyl (C=O) groups is 1. The van der Waals surface area contributed by atoms with Crippen molar-refractivity contribution >= 4 is 26.8 Å². The van der Waals surface area contributed by atoms with Crippen LogP contribution in [0.4, 0.5) is 13.2 Å². The van der Waals surface area contributed by atoms with E-state index in [0.717, 1.165) is 31.5 Å². The minimum absolute atomic E-state index is 0.0914. The van der Waals surface area contributed by atoms with Crippen LogP contribution >= 0.6 is 0 Å². The fraction of sp³-hybridized carbons (Fsp3) is 0.407. The molecule has 2 fully saturated rings. The molecule has 0 bridgehead atoms. The quantitative estimate of drug-likeness (QED) is 0.499. The molecule has 3 aromatic rings. The van der Waals surface area contributed by atoms with Crippen LogP contribution in [0.2, 0.25) is 0 Å². The number of alkyl halides is 3. The zero-order chi connectivity index (χ0) is 27.8. The van der Waals surface area contributed by atoms with E-state index in [0.29, 0.717) is 31.3 Å². The molecule has 0 unspecified atom stereocenters. The Balaban J connectivity index is 1.24. The van der Waals surface area contributed by atoms with Gasteiger partial charge in [0, 0.05) is 56.2 Å². The van der Waals surface area contributed by atoms with E-state index in [1.165, 1.54) is 28.6 Å². The van der Waals surface area contributed by atoms with Crippen molar-refractivity contribution in [3.63, 3.8) is 0 Å². The molecule has 0 saturated carbocycles. The predicted molar refractivity (Wildman–Crippen MR) is 140 cm³/mol. The highest BCUT2D eigenvalue weighted by Gasteiger charge is 2.33. The molecule has 2 aromatic carbocycles. The van der Waals surface area contributed by atoms with Gasteiger partial charge < -0.3 is 9.88 Å². The number of nitrogens with one attached hydrogen (secondary N) is 1. The number of sulfonamides is 1. The highest BCUT2D eigenvalue weighted by molar-refractivity contribution is 7.89. The molecule has 5 rings (SSSR count). The number of hydrogen-bond donors (Lipinski definition) is 1. The second kappa shape index (κ2) is 10.7. The number of halogens is 3. The van der Waals surface area contributed by atoms with Gasteiger partial charge in [-0.2, -0.15) is 17.5 Å². The first kappa shape index (κ1) is 27.4. The third-order valence-corrected chi connectivity index (χ3v) is 9.24. The number of H-pyrrole nitrogens is 1. The summed E-state index contributed by atoms with van der Waals surface area (Å²) >= 11 is 0. The third kappa shape index (κ3) is 6.02. The van der Waals surface area contributed by atoms with Crippen LogP contribution in [0.5, 0.6) is 0 Å². The summed E-state index contributed by atoms with van der Waals surface area (Å²) in [5.41, 5.74) is -0.395. The van der Waals surface area contributed by atoms with Crippen LogP contribution in [0, 0.1) is 0 Å². The minimum atomic E-state index is -4.67. The first-order valence-electron chi connectivity index (χ1n) is 12.8. The van der Waals surface area contributed by atoms with E-state index >= 15 is 0 Å². The zero-order valence-corrected chi connectivity index (χ0v) is 22.0. The number of aromatic amines is 1. The Morgan fingerprint density at radius 2 is 1.51 bits per heavy atom. The smallest absolute Gasteiger partial charge is 0.342 e. The predicted octanol–water partition coefficient (Wildman–Crippen LogP) is 3.07. The Labute approximate surface area is 224 Å². The topological polar surface area (TPSA) is 93.8 Å². The van der Waals surface area contributed by atoms with Crippen LogP contribution in [0.15, 0.2) is 58.2 Å². The lowest BCUT2D eigenvalue weighted by atomic mass is 10.0. The molecule has 8 nitrogen and oxygen atoms in total. The van der Waals surface area contributed by atoms with E-state index in [2.05, 4.69) is 4.98 Å². The highest BCUT2D eigenvalue weighted by Crippen LogP contribution is 2.34. The van der Waals surface area contributed by atoms with Crippen LogP contribution in [-0.2, 0) is 27.4 Å². The Morgan fingerprint density at radius 3 is 2.15 bits per heavy atom. The third-order valence-electron chi connectivity index (χ3n) is 7.33. The molecule has 2 aliphatic heterocycles. The van der Waals surface area contributed by atoms with Crippen LogP contribution in [-0.4, -0.2) is 79.2 Å². The van der Waals surface area contributed by atoms with Crippen molar-refractivity contribution in [2.45, 2.75) is 30.3 Å². The van der Waals surface area contributed by atoms with E-state index < -0.39 is 27.3 Å². The number of pyridine rings is 1. The first-order valence-corrected chi connectivity index (χ1v) is 14.3. The summed E-state index contributed by atoms with van der Waals surface area (Å²) in [4.78, 5) is 30.5. The molecule has 2 saturated heterocycles. The lowest BCUT2D eigenvalue weighted by Crippen LogP contribution is -2.51. The van der Waals surface area contributed by atoms with Gasteiger partial charge in [0.25, 0.3) is 0 Å². The Morgan fingerprint density at radius 1 is 0.872 bits per heavy atom. The average molecular weight is 563 g/mol. The number of hydrogen-bond acceptors (Lipinski definition) is 5. The maximum atomic E-state index is 13.5. The van der Waals surface area contributed by atoms with Crippen molar-refractivity contribution in [1.29, 1.82) is 0 Å². The summed E-state index contributed by atoms with van der Waals surface area (Å²) in [6, 6.07) is 11.3. The van der Waals surface area contributed by atoms with Crippen molar-refractivity contribution in [1.82, 2.24) is 19.1 Å². The Bertz CT molecular complexity index is 1520. The number of rotatable bonds is 6. The summed E-state index contributed by atoms with van der Waals surface area (Å²) < 4.78 is 68.2.